The van der Waals surface area contributed by atoms with Crippen molar-refractivity contribution in [3.63, 3.8) is 0 Å². The van der Waals surface area contributed by atoms with Crippen molar-refractivity contribution in [2.75, 3.05) is 39.3 Å². The maximum absolute atomic E-state index is 13.0. The van der Waals surface area contributed by atoms with E-state index in [4.69, 9.17) is 27.9 Å². The standard InChI is InChI=1S/C22H23Cl2N3O5S/c23-17-7-5-16(6-8-17)13-25-9-10-26(15-21(25)28)22(29)19-14-27(11-12-32-19)33(30,31)20-4-2-1-3-18(20)24/h1-8,19H,9-15H2/t19-/m1/s1. The molecule has 2 aliphatic heterocycles. The lowest BCUT2D eigenvalue weighted by molar-refractivity contribution is -0.155. The van der Waals surface area contributed by atoms with Crippen LogP contribution in [0.2, 0.25) is 10.0 Å². The maximum atomic E-state index is 13.0. The average Bonchev–Trinajstić information content (AvgIpc) is 2.81. The Balaban J connectivity index is 1.39. The van der Waals surface area contributed by atoms with Gasteiger partial charge in [0.1, 0.15) is 11.0 Å². The van der Waals surface area contributed by atoms with Gasteiger partial charge in [-0.25, -0.2) is 8.42 Å². The van der Waals surface area contributed by atoms with Gasteiger partial charge in [0.2, 0.25) is 15.9 Å². The first-order valence-electron chi connectivity index (χ1n) is 10.4. The molecule has 0 radical (unpaired) electrons. The second kappa shape index (κ2) is 9.99. The Hall–Kier alpha value is -2.17. The van der Waals surface area contributed by atoms with Crippen LogP contribution in [0.4, 0.5) is 0 Å². The zero-order valence-electron chi connectivity index (χ0n) is 17.7. The Morgan fingerprint density at radius 3 is 2.45 bits per heavy atom. The van der Waals surface area contributed by atoms with Crippen LogP contribution in [0.15, 0.2) is 53.4 Å². The van der Waals surface area contributed by atoms with Gasteiger partial charge in [-0.05, 0) is 29.8 Å². The number of piperazine rings is 1. The Morgan fingerprint density at radius 1 is 1.03 bits per heavy atom. The van der Waals surface area contributed by atoms with Crippen LogP contribution in [0.3, 0.4) is 0 Å². The monoisotopic (exact) mass is 511 g/mol. The summed E-state index contributed by atoms with van der Waals surface area (Å²) < 4.78 is 32.9. The van der Waals surface area contributed by atoms with Crippen molar-refractivity contribution in [2.24, 2.45) is 0 Å². The highest BCUT2D eigenvalue weighted by atomic mass is 35.5. The van der Waals surface area contributed by atoms with Crippen LogP contribution >= 0.6 is 23.2 Å². The van der Waals surface area contributed by atoms with Crippen molar-refractivity contribution >= 4 is 45.0 Å². The fourth-order valence-electron chi connectivity index (χ4n) is 3.86. The minimum atomic E-state index is -3.88. The molecule has 0 aliphatic carbocycles. The summed E-state index contributed by atoms with van der Waals surface area (Å²) in [5, 5.41) is 0.743. The van der Waals surface area contributed by atoms with Gasteiger partial charge in [-0.3, -0.25) is 9.59 Å². The molecular weight excluding hydrogens is 489 g/mol. The molecular formula is C22H23Cl2N3O5S. The highest BCUT2D eigenvalue weighted by Crippen LogP contribution is 2.26. The SMILES string of the molecule is O=C1CN(C(=O)[C@H]2CN(S(=O)(=O)c3ccccc3Cl)CCO2)CCN1Cc1ccc(Cl)cc1. The molecule has 2 saturated heterocycles. The number of morpholine rings is 1. The molecule has 0 N–H and O–H groups in total. The summed E-state index contributed by atoms with van der Waals surface area (Å²) in [5.74, 6) is -0.575. The van der Waals surface area contributed by atoms with E-state index in [0.29, 0.717) is 24.7 Å². The van der Waals surface area contributed by atoms with E-state index in [1.165, 1.54) is 21.3 Å². The summed E-state index contributed by atoms with van der Waals surface area (Å²) >= 11 is 12.0. The summed E-state index contributed by atoms with van der Waals surface area (Å²) in [7, 11) is -3.88. The molecule has 0 aromatic heterocycles. The molecule has 2 amide bonds. The van der Waals surface area contributed by atoms with Gasteiger partial charge in [0, 0.05) is 37.7 Å². The molecule has 2 aliphatic rings. The lowest BCUT2D eigenvalue weighted by atomic mass is 10.2. The molecule has 2 heterocycles. The van der Waals surface area contributed by atoms with E-state index < -0.39 is 22.0 Å². The second-order valence-corrected chi connectivity index (χ2v) is 10.6. The molecule has 1 atom stereocenters. The topological polar surface area (TPSA) is 87.2 Å². The van der Waals surface area contributed by atoms with Gasteiger partial charge in [-0.2, -0.15) is 4.31 Å². The number of carbonyl (C=O) groups is 2. The van der Waals surface area contributed by atoms with Gasteiger partial charge >= 0.3 is 0 Å². The third kappa shape index (κ3) is 5.33. The predicted octanol–water partition coefficient (Wildman–Crippen LogP) is 2.25. The molecule has 0 unspecified atom stereocenters. The lowest BCUT2D eigenvalue weighted by Gasteiger charge is -2.38. The van der Waals surface area contributed by atoms with Crippen LogP contribution < -0.4 is 0 Å². The Morgan fingerprint density at radius 2 is 1.76 bits per heavy atom. The maximum Gasteiger partial charge on any atom is 0.253 e. The number of rotatable bonds is 5. The van der Waals surface area contributed by atoms with Gasteiger partial charge in [0.05, 0.1) is 18.2 Å². The van der Waals surface area contributed by atoms with Gasteiger partial charge in [0.15, 0.2) is 0 Å². The molecule has 2 aromatic rings. The third-order valence-electron chi connectivity index (χ3n) is 5.68. The molecule has 8 nitrogen and oxygen atoms in total. The van der Waals surface area contributed by atoms with Crippen LogP contribution in [0.25, 0.3) is 0 Å². The largest absolute Gasteiger partial charge is 0.366 e. The van der Waals surface area contributed by atoms with Crippen molar-refractivity contribution in [1.29, 1.82) is 0 Å². The van der Waals surface area contributed by atoms with Crippen molar-refractivity contribution in [3.05, 3.63) is 64.1 Å². The van der Waals surface area contributed by atoms with E-state index in [1.807, 2.05) is 12.1 Å². The fraction of sp³-hybridized carbons (Fsp3) is 0.364. The van der Waals surface area contributed by atoms with Crippen molar-refractivity contribution < 1.29 is 22.7 Å². The molecule has 0 spiro atoms. The summed E-state index contributed by atoms with van der Waals surface area (Å²) in [4.78, 5) is 28.8. The summed E-state index contributed by atoms with van der Waals surface area (Å²) in [6, 6.07) is 13.4. The lowest BCUT2D eigenvalue weighted by Crippen LogP contribution is -2.57. The Labute approximate surface area is 202 Å². The van der Waals surface area contributed by atoms with E-state index in [1.54, 1.807) is 29.2 Å². The molecule has 0 bridgehead atoms. The van der Waals surface area contributed by atoms with Crippen molar-refractivity contribution in [3.8, 4) is 0 Å². The molecule has 2 aromatic carbocycles. The number of halogens is 2. The average molecular weight is 512 g/mol. The van der Waals surface area contributed by atoms with E-state index >= 15 is 0 Å². The first kappa shape index (κ1) is 24.0. The molecule has 33 heavy (non-hydrogen) atoms. The fourth-order valence-corrected chi connectivity index (χ4v) is 5.91. The molecule has 176 valence electrons. The first-order valence-corrected chi connectivity index (χ1v) is 12.6. The van der Waals surface area contributed by atoms with Crippen LogP contribution in [-0.2, 0) is 30.9 Å². The normalized spacial score (nSPS) is 20.2. The smallest absolute Gasteiger partial charge is 0.253 e. The number of nitrogens with zero attached hydrogens (tertiary/aromatic N) is 3. The first-order chi connectivity index (χ1) is 15.8. The quantitative estimate of drug-likeness (QED) is 0.614. The Kier molecular flexibility index (Phi) is 7.25. The number of benzene rings is 2. The van der Waals surface area contributed by atoms with Gasteiger partial charge in [0.25, 0.3) is 5.91 Å². The van der Waals surface area contributed by atoms with Crippen LogP contribution in [0.1, 0.15) is 5.56 Å². The van der Waals surface area contributed by atoms with Crippen LogP contribution in [-0.4, -0.2) is 79.8 Å². The summed E-state index contributed by atoms with van der Waals surface area (Å²) in [6.07, 6.45) is -0.980. The number of hydrogen-bond donors (Lipinski definition) is 0. The second-order valence-electron chi connectivity index (χ2n) is 7.85. The zero-order chi connectivity index (χ0) is 23.6. The minimum absolute atomic E-state index is 0.00856. The van der Waals surface area contributed by atoms with Crippen molar-refractivity contribution in [1.82, 2.24) is 14.1 Å². The summed E-state index contributed by atoms with van der Waals surface area (Å²) in [5.41, 5.74) is 0.948. The van der Waals surface area contributed by atoms with E-state index in [9.17, 15) is 18.0 Å². The molecule has 4 rings (SSSR count). The number of amides is 2. The Bertz CT molecular complexity index is 1140. The van der Waals surface area contributed by atoms with Crippen LogP contribution in [0.5, 0.6) is 0 Å². The van der Waals surface area contributed by atoms with Gasteiger partial charge < -0.3 is 14.5 Å². The van der Waals surface area contributed by atoms with Gasteiger partial charge in [-0.1, -0.05) is 47.5 Å². The zero-order valence-corrected chi connectivity index (χ0v) is 20.0. The number of hydrogen-bond acceptors (Lipinski definition) is 5. The highest BCUT2D eigenvalue weighted by molar-refractivity contribution is 7.89. The van der Waals surface area contributed by atoms with E-state index in [-0.39, 0.29) is 42.1 Å². The predicted molar refractivity (Wildman–Crippen MR) is 123 cm³/mol. The number of sulfonamides is 1. The van der Waals surface area contributed by atoms with E-state index in [0.717, 1.165) is 5.56 Å². The number of ether oxygens (including phenoxy) is 1. The van der Waals surface area contributed by atoms with Gasteiger partial charge in [-0.15, -0.1) is 0 Å². The molecule has 2 fully saturated rings. The van der Waals surface area contributed by atoms with Crippen molar-refractivity contribution in [2.45, 2.75) is 17.5 Å². The molecule has 0 saturated carbocycles. The summed E-state index contributed by atoms with van der Waals surface area (Å²) in [6.45, 7) is 1.13. The van der Waals surface area contributed by atoms with Crippen LogP contribution in [0, 0.1) is 0 Å². The van der Waals surface area contributed by atoms with E-state index in [2.05, 4.69) is 0 Å². The molecule has 11 heteroatoms. The third-order valence-corrected chi connectivity index (χ3v) is 8.29. The highest BCUT2D eigenvalue weighted by Gasteiger charge is 2.38. The minimum Gasteiger partial charge on any atom is -0.366 e. The number of carbonyl (C=O) groups excluding carboxylic acids is 2.